The van der Waals surface area contributed by atoms with Crippen LogP contribution >= 0.6 is 23.2 Å². The first-order valence-corrected chi connectivity index (χ1v) is 10.1. The first-order chi connectivity index (χ1) is 11.5. The molecule has 1 atom stereocenters. The highest BCUT2D eigenvalue weighted by Crippen LogP contribution is 2.19. The Morgan fingerprint density at radius 3 is 2.29 bits per heavy atom. The van der Waals surface area contributed by atoms with Crippen molar-refractivity contribution in [2.75, 3.05) is 29.7 Å². The number of anilines is 1. The molecule has 0 bridgehead atoms. The summed E-state index contributed by atoms with van der Waals surface area (Å²) in [4.78, 5) is 6.94. The zero-order chi connectivity index (χ0) is 17.9. The second-order valence-corrected chi connectivity index (χ2v) is 7.61. The molecular formula is C20H32Cl2N2. The van der Waals surface area contributed by atoms with Gasteiger partial charge in [0.1, 0.15) is 0 Å². The molecule has 0 N–H and O–H groups in total. The topological polar surface area (TPSA) is 15.6 Å². The Bertz CT molecular complexity index is 494. The molecule has 0 aliphatic carbocycles. The van der Waals surface area contributed by atoms with Crippen LogP contribution in [0.15, 0.2) is 23.2 Å². The summed E-state index contributed by atoms with van der Waals surface area (Å²) in [5.41, 5.74) is 3.60. The van der Waals surface area contributed by atoms with Crippen molar-refractivity contribution < 1.29 is 0 Å². The highest BCUT2D eigenvalue weighted by molar-refractivity contribution is 6.18. The van der Waals surface area contributed by atoms with Gasteiger partial charge < -0.3 is 4.90 Å². The molecule has 0 saturated heterocycles. The predicted molar refractivity (Wildman–Crippen MR) is 111 cm³/mol. The summed E-state index contributed by atoms with van der Waals surface area (Å²) in [6.07, 6.45) is 5.71. The van der Waals surface area contributed by atoms with Gasteiger partial charge in [0.25, 0.3) is 0 Å². The fourth-order valence-corrected chi connectivity index (χ4v) is 3.09. The number of alkyl halides is 2. The van der Waals surface area contributed by atoms with Crippen LogP contribution in [-0.4, -0.2) is 37.1 Å². The maximum absolute atomic E-state index is 5.89. The Labute approximate surface area is 158 Å². The van der Waals surface area contributed by atoms with Crippen LogP contribution in [0.3, 0.4) is 0 Å². The third-order valence-corrected chi connectivity index (χ3v) is 4.54. The fraction of sp³-hybridized carbons (Fsp3) is 0.650. The lowest BCUT2D eigenvalue weighted by molar-refractivity contribution is 0.512. The molecule has 4 heteroatoms. The molecule has 0 aromatic heterocycles. The van der Waals surface area contributed by atoms with Crippen LogP contribution in [-0.2, 0) is 0 Å². The van der Waals surface area contributed by atoms with Crippen molar-refractivity contribution >= 4 is 35.1 Å². The average molecular weight is 371 g/mol. The maximum Gasteiger partial charge on any atom is 0.0471 e. The van der Waals surface area contributed by atoms with E-state index in [1.54, 1.807) is 0 Å². The van der Waals surface area contributed by atoms with Gasteiger partial charge in [-0.05, 0) is 49.4 Å². The summed E-state index contributed by atoms with van der Waals surface area (Å²) >= 11 is 11.8. The van der Waals surface area contributed by atoms with Gasteiger partial charge in [-0.25, -0.2) is 0 Å². The van der Waals surface area contributed by atoms with E-state index in [2.05, 4.69) is 50.8 Å². The van der Waals surface area contributed by atoms with Crippen LogP contribution in [0.5, 0.6) is 0 Å². The van der Waals surface area contributed by atoms with E-state index in [1.807, 2.05) is 6.21 Å². The molecule has 0 unspecified atom stereocenters. The molecule has 0 heterocycles. The second-order valence-electron chi connectivity index (χ2n) is 6.86. The number of hydrogen-bond acceptors (Lipinski definition) is 2. The lowest BCUT2D eigenvalue weighted by Gasteiger charge is -2.23. The van der Waals surface area contributed by atoms with Crippen molar-refractivity contribution in [3.05, 3.63) is 29.3 Å². The van der Waals surface area contributed by atoms with Crippen LogP contribution in [0.1, 0.15) is 51.2 Å². The Morgan fingerprint density at radius 1 is 1.08 bits per heavy atom. The molecule has 136 valence electrons. The number of hydrogen-bond donors (Lipinski definition) is 0. The van der Waals surface area contributed by atoms with Gasteiger partial charge in [-0.15, -0.1) is 23.2 Å². The van der Waals surface area contributed by atoms with Gasteiger partial charge in [-0.2, -0.15) is 0 Å². The third kappa shape index (κ3) is 7.90. The number of nitrogens with zero attached hydrogens (tertiary/aromatic N) is 2. The van der Waals surface area contributed by atoms with E-state index < -0.39 is 0 Å². The molecule has 2 nitrogen and oxygen atoms in total. The lowest BCUT2D eigenvalue weighted by atomic mass is 10.0. The average Bonchev–Trinajstić information content (AvgIpc) is 2.53. The molecular weight excluding hydrogens is 339 g/mol. The van der Waals surface area contributed by atoms with E-state index in [-0.39, 0.29) is 0 Å². The summed E-state index contributed by atoms with van der Waals surface area (Å²) in [7, 11) is 0. The number of aryl methyl sites for hydroxylation is 1. The summed E-state index contributed by atoms with van der Waals surface area (Å²) in [6.45, 7) is 10.5. The van der Waals surface area contributed by atoms with E-state index >= 15 is 0 Å². The molecule has 0 amide bonds. The van der Waals surface area contributed by atoms with Crippen LogP contribution in [0.25, 0.3) is 0 Å². The summed E-state index contributed by atoms with van der Waals surface area (Å²) in [5, 5.41) is 0. The number of aliphatic imine (C=N–C) groups is 1. The number of rotatable bonds is 11. The predicted octanol–water partition coefficient (Wildman–Crippen LogP) is 5.91. The van der Waals surface area contributed by atoms with Crippen LogP contribution in [0.2, 0.25) is 0 Å². The molecule has 0 aliphatic rings. The van der Waals surface area contributed by atoms with Crippen LogP contribution < -0.4 is 4.90 Å². The summed E-state index contributed by atoms with van der Waals surface area (Å²) in [6, 6.07) is 6.86. The van der Waals surface area contributed by atoms with Crippen molar-refractivity contribution in [1.29, 1.82) is 0 Å². The van der Waals surface area contributed by atoms with Crippen molar-refractivity contribution in [1.82, 2.24) is 0 Å². The quantitative estimate of drug-likeness (QED) is 0.349. The molecule has 0 spiro atoms. The molecule has 0 saturated carbocycles. The highest BCUT2D eigenvalue weighted by atomic mass is 35.5. The molecule has 24 heavy (non-hydrogen) atoms. The van der Waals surface area contributed by atoms with E-state index in [1.165, 1.54) is 29.7 Å². The monoisotopic (exact) mass is 370 g/mol. The zero-order valence-electron chi connectivity index (χ0n) is 15.6. The highest BCUT2D eigenvalue weighted by Gasteiger charge is 2.07. The summed E-state index contributed by atoms with van der Waals surface area (Å²) in [5.74, 6) is 1.99. The Morgan fingerprint density at radius 2 is 1.75 bits per heavy atom. The van der Waals surface area contributed by atoms with Gasteiger partial charge in [0.15, 0.2) is 0 Å². The van der Waals surface area contributed by atoms with Gasteiger partial charge in [-0.1, -0.05) is 32.8 Å². The van der Waals surface area contributed by atoms with Crippen molar-refractivity contribution in [3.63, 3.8) is 0 Å². The Balaban J connectivity index is 2.68. The first-order valence-electron chi connectivity index (χ1n) is 8.98. The Kier molecular flexibility index (Phi) is 10.4. The number of benzene rings is 1. The normalized spacial score (nSPS) is 13.0. The molecule has 0 fully saturated rings. The molecule has 0 aliphatic heterocycles. The van der Waals surface area contributed by atoms with Gasteiger partial charge in [-0.3, -0.25) is 4.99 Å². The van der Waals surface area contributed by atoms with Gasteiger partial charge >= 0.3 is 0 Å². The van der Waals surface area contributed by atoms with E-state index in [4.69, 9.17) is 28.2 Å². The molecule has 0 radical (unpaired) electrons. The smallest absolute Gasteiger partial charge is 0.0471 e. The first kappa shape index (κ1) is 21.3. The Hall–Kier alpha value is -0.730. The van der Waals surface area contributed by atoms with E-state index in [0.29, 0.717) is 17.8 Å². The van der Waals surface area contributed by atoms with Crippen LogP contribution in [0.4, 0.5) is 5.69 Å². The van der Waals surface area contributed by atoms with Crippen LogP contribution in [0, 0.1) is 12.8 Å². The fourth-order valence-electron chi connectivity index (χ4n) is 2.68. The SMILES string of the molecule is Cc1cc(N(CCCl)CCCl)ccc1C=N[C@H](C)CCCC(C)C. The minimum atomic E-state index is 0.381. The van der Waals surface area contributed by atoms with Gasteiger partial charge in [0, 0.05) is 42.8 Å². The lowest BCUT2D eigenvalue weighted by Crippen LogP contribution is -2.27. The standard InChI is InChI=1S/C20H32Cl2N2/c1-16(2)6-5-7-18(4)23-15-19-8-9-20(14-17(19)3)24(12-10-21)13-11-22/h8-9,14-16,18H,5-7,10-13H2,1-4H3/t18-/m1/s1. The molecule has 1 aromatic carbocycles. The maximum atomic E-state index is 5.89. The molecule has 1 rings (SSSR count). The minimum absolute atomic E-state index is 0.381. The molecule has 1 aromatic rings. The number of halogens is 2. The largest absolute Gasteiger partial charge is 0.369 e. The van der Waals surface area contributed by atoms with E-state index in [0.717, 1.165) is 25.4 Å². The van der Waals surface area contributed by atoms with E-state index in [9.17, 15) is 0 Å². The van der Waals surface area contributed by atoms with Gasteiger partial charge in [0.05, 0.1) is 0 Å². The van der Waals surface area contributed by atoms with Crippen molar-refractivity contribution in [2.24, 2.45) is 10.9 Å². The zero-order valence-corrected chi connectivity index (χ0v) is 17.1. The summed E-state index contributed by atoms with van der Waals surface area (Å²) < 4.78 is 0. The second kappa shape index (κ2) is 11.8. The van der Waals surface area contributed by atoms with Crippen molar-refractivity contribution in [2.45, 2.75) is 53.0 Å². The minimum Gasteiger partial charge on any atom is -0.369 e. The third-order valence-electron chi connectivity index (χ3n) is 4.20. The van der Waals surface area contributed by atoms with Crippen molar-refractivity contribution in [3.8, 4) is 0 Å². The van der Waals surface area contributed by atoms with Gasteiger partial charge in [0.2, 0.25) is 0 Å².